The average molecular weight is 342 g/mol. The fraction of sp³-hybridized carbons (Fsp3) is 0.357. The molecule has 0 aromatic heterocycles. The molecule has 0 saturated heterocycles. The van der Waals surface area contributed by atoms with Crippen LogP contribution in [0.2, 0.25) is 5.02 Å². The first-order valence-corrected chi connectivity index (χ1v) is 7.10. The third-order valence-corrected chi connectivity index (χ3v) is 3.33. The van der Waals surface area contributed by atoms with Crippen molar-refractivity contribution in [2.75, 3.05) is 6.61 Å². The number of nitrogens with zero attached hydrogens (tertiary/aromatic N) is 2. The molecule has 0 radical (unpaired) electrons. The zero-order chi connectivity index (χ0) is 17.6. The van der Waals surface area contributed by atoms with Crippen LogP contribution >= 0.6 is 11.6 Å². The zero-order valence-electron chi connectivity index (χ0n) is 12.8. The summed E-state index contributed by atoms with van der Waals surface area (Å²) in [6.07, 6.45) is 0. The Bertz CT molecular complexity index is 660. The van der Waals surface area contributed by atoms with Gasteiger partial charge in [0.1, 0.15) is 5.02 Å². The van der Waals surface area contributed by atoms with Crippen LogP contribution in [0.4, 0.5) is 5.69 Å². The number of carbonyl (C=O) groups is 2. The molecule has 1 aromatic rings. The van der Waals surface area contributed by atoms with Crippen LogP contribution in [-0.4, -0.2) is 29.1 Å². The largest absolute Gasteiger partial charge is 0.465 e. The Kier molecular flexibility index (Phi) is 6.65. The van der Waals surface area contributed by atoms with Crippen LogP contribution in [0.15, 0.2) is 23.3 Å². The van der Waals surface area contributed by atoms with Crippen LogP contribution in [0.3, 0.4) is 0 Å². The Morgan fingerprint density at radius 1 is 1.48 bits per heavy atom. The Morgan fingerprint density at radius 2 is 2.13 bits per heavy atom. The number of esters is 1. The maximum atomic E-state index is 12.0. The van der Waals surface area contributed by atoms with Gasteiger partial charge in [0.15, 0.2) is 0 Å². The number of halogens is 1. The minimum absolute atomic E-state index is 0.0291. The summed E-state index contributed by atoms with van der Waals surface area (Å²) in [4.78, 5) is 33.6. The van der Waals surface area contributed by atoms with Crippen LogP contribution in [0.1, 0.15) is 31.1 Å². The standard InChI is InChI=1S/C14H16ClN3O5/c1-4-23-14(20)8(2)9(3)16-17-13(19)10-5-6-11(15)12(7-10)18(21)22/h5-8H,4H2,1-3H3,(H,17,19). The summed E-state index contributed by atoms with van der Waals surface area (Å²) in [5.41, 5.74) is 2.24. The zero-order valence-corrected chi connectivity index (χ0v) is 13.6. The Morgan fingerprint density at radius 3 is 2.70 bits per heavy atom. The molecule has 1 N–H and O–H groups in total. The van der Waals surface area contributed by atoms with Gasteiger partial charge in [-0.25, -0.2) is 5.43 Å². The van der Waals surface area contributed by atoms with Crippen LogP contribution in [-0.2, 0) is 9.53 Å². The lowest BCUT2D eigenvalue weighted by Gasteiger charge is -2.10. The molecule has 1 aromatic carbocycles. The average Bonchev–Trinajstić information content (AvgIpc) is 2.51. The van der Waals surface area contributed by atoms with Gasteiger partial charge in [-0.3, -0.25) is 19.7 Å². The van der Waals surface area contributed by atoms with Gasteiger partial charge in [-0.1, -0.05) is 11.6 Å². The van der Waals surface area contributed by atoms with Crippen molar-refractivity contribution < 1.29 is 19.2 Å². The summed E-state index contributed by atoms with van der Waals surface area (Å²) in [5.74, 6) is -1.72. The first-order chi connectivity index (χ1) is 10.8. The molecule has 0 bridgehead atoms. The number of benzene rings is 1. The van der Waals surface area contributed by atoms with Crippen molar-refractivity contribution in [3.63, 3.8) is 0 Å². The highest BCUT2D eigenvalue weighted by Gasteiger charge is 2.19. The number of nitrogens with one attached hydrogen (secondary N) is 1. The molecule has 23 heavy (non-hydrogen) atoms. The molecule has 0 aliphatic rings. The number of carbonyl (C=O) groups excluding carboxylic acids is 2. The Hall–Kier alpha value is -2.48. The van der Waals surface area contributed by atoms with Gasteiger partial charge in [0.25, 0.3) is 11.6 Å². The molecule has 0 saturated carbocycles. The van der Waals surface area contributed by atoms with Gasteiger partial charge in [-0.2, -0.15) is 5.10 Å². The number of amides is 1. The summed E-state index contributed by atoms with van der Waals surface area (Å²) in [7, 11) is 0. The number of nitro benzene ring substituents is 1. The number of nitro groups is 1. The van der Waals surface area contributed by atoms with E-state index in [-0.39, 0.29) is 22.9 Å². The predicted molar refractivity (Wildman–Crippen MR) is 84.5 cm³/mol. The number of hydrogen-bond donors (Lipinski definition) is 1. The lowest BCUT2D eigenvalue weighted by atomic mass is 10.1. The summed E-state index contributed by atoms with van der Waals surface area (Å²) < 4.78 is 4.85. The molecule has 0 aliphatic heterocycles. The smallest absolute Gasteiger partial charge is 0.314 e. The molecule has 0 fully saturated rings. The molecule has 124 valence electrons. The second kappa shape index (κ2) is 8.23. The van der Waals surface area contributed by atoms with E-state index < -0.39 is 22.7 Å². The van der Waals surface area contributed by atoms with Crippen molar-refractivity contribution in [3.8, 4) is 0 Å². The highest BCUT2D eigenvalue weighted by molar-refractivity contribution is 6.32. The molecule has 1 rings (SSSR count). The monoisotopic (exact) mass is 341 g/mol. The van der Waals surface area contributed by atoms with E-state index in [2.05, 4.69) is 10.5 Å². The second-order valence-corrected chi connectivity index (χ2v) is 5.00. The summed E-state index contributed by atoms with van der Waals surface area (Å²) in [5, 5.41) is 14.5. The molecular weight excluding hydrogens is 326 g/mol. The van der Waals surface area contributed by atoms with Crippen LogP contribution in [0, 0.1) is 16.0 Å². The van der Waals surface area contributed by atoms with Crippen molar-refractivity contribution >= 4 is 34.9 Å². The molecule has 0 spiro atoms. The van der Waals surface area contributed by atoms with Crippen molar-refractivity contribution in [1.82, 2.24) is 5.43 Å². The Balaban J connectivity index is 2.84. The lowest BCUT2D eigenvalue weighted by Crippen LogP contribution is -2.25. The van der Waals surface area contributed by atoms with Crippen molar-refractivity contribution in [1.29, 1.82) is 0 Å². The van der Waals surface area contributed by atoms with Gasteiger partial charge in [0.05, 0.1) is 17.4 Å². The summed E-state index contributed by atoms with van der Waals surface area (Å²) >= 11 is 5.68. The van der Waals surface area contributed by atoms with Crippen LogP contribution in [0.5, 0.6) is 0 Å². The highest BCUT2D eigenvalue weighted by Crippen LogP contribution is 2.24. The first-order valence-electron chi connectivity index (χ1n) is 6.73. The number of hydrazone groups is 1. The molecule has 1 unspecified atom stereocenters. The van der Waals surface area contributed by atoms with E-state index in [0.29, 0.717) is 5.71 Å². The minimum Gasteiger partial charge on any atom is -0.465 e. The summed E-state index contributed by atoms with van der Waals surface area (Å²) in [6, 6.07) is 3.65. The number of rotatable bonds is 6. The van der Waals surface area contributed by atoms with E-state index in [1.807, 2.05) is 0 Å². The van der Waals surface area contributed by atoms with E-state index in [9.17, 15) is 19.7 Å². The van der Waals surface area contributed by atoms with Gasteiger partial charge >= 0.3 is 5.97 Å². The van der Waals surface area contributed by atoms with E-state index >= 15 is 0 Å². The minimum atomic E-state index is -0.684. The predicted octanol–water partition coefficient (Wildman–Crippen LogP) is 2.55. The van der Waals surface area contributed by atoms with Gasteiger partial charge in [0, 0.05) is 17.3 Å². The molecule has 0 aliphatic carbocycles. The third kappa shape index (κ3) is 5.03. The molecule has 8 nitrogen and oxygen atoms in total. The molecule has 1 atom stereocenters. The number of ether oxygens (including phenoxy) is 1. The van der Waals surface area contributed by atoms with Gasteiger partial charge in [0.2, 0.25) is 0 Å². The lowest BCUT2D eigenvalue weighted by molar-refractivity contribution is -0.384. The quantitative estimate of drug-likeness (QED) is 0.370. The SMILES string of the molecule is CCOC(=O)C(C)C(C)=NNC(=O)c1ccc(Cl)c([N+](=O)[O-])c1. The van der Waals surface area contributed by atoms with Gasteiger partial charge in [-0.15, -0.1) is 0 Å². The molecule has 9 heteroatoms. The highest BCUT2D eigenvalue weighted by atomic mass is 35.5. The van der Waals surface area contributed by atoms with E-state index in [4.69, 9.17) is 16.3 Å². The fourth-order valence-electron chi connectivity index (χ4n) is 1.53. The molecule has 1 amide bonds. The molecular formula is C14H16ClN3O5. The van der Waals surface area contributed by atoms with E-state index in [1.54, 1.807) is 20.8 Å². The third-order valence-electron chi connectivity index (χ3n) is 3.01. The number of hydrogen-bond acceptors (Lipinski definition) is 6. The van der Waals surface area contributed by atoms with Crippen molar-refractivity contribution in [2.45, 2.75) is 20.8 Å². The van der Waals surface area contributed by atoms with E-state index in [1.165, 1.54) is 12.1 Å². The molecule has 0 heterocycles. The second-order valence-electron chi connectivity index (χ2n) is 4.59. The van der Waals surface area contributed by atoms with Crippen molar-refractivity contribution in [3.05, 3.63) is 38.9 Å². The van der Waals surface area contributed by atoms with E-state index in [0.717, 1.165) is 6.07 Å². The van der Waals surface area contributed by atoms with Gasteiger partial charge < -0.3 is 4.74 Å². The Labute approximate surface area is 137 Å². The topological polar surface area (TPSA) is 111 Å². The summed E-state index contributed by atoms with van der Waals surface area (Å²) in [6.45, 7) is 5.09. The first kappa shape index (κ1) is 18.6. The van der Waals surface area contributed by atoms with Crippen LogP contribution < -0.4 is 5.43 Å². The normalized spacial score (nSPS) is 12.4. The van der Waals surface area contributed by atoms with Crippen LogP contribution in [0.25, 0.3) is 0 Å². The maximum Gasteiger partial charge on any atom is 0.314 e. The van der Waals surface area contributed by atoms with Gasteiger partial charge in [-0.05, 0) is 32.9 Å². The van der Waals surface area contributed by atoms with Crippen molar-refractivity contribution in [2.24, 2.45) is 11.0 Å². The maximum absolute atomic E-state index is 12.0. The fourth-order valence-corrected chi connectivity index (χ4v) is 1.72.